The number of rotatable bonds is 4. The Kier molecular flexibility index (Phi) is 4.95. The van der Waals surface area contributed by atoms with Crippen LogP contribution in [0.1, 0.15) is 0 Å². The van der Waals surface area contributed by atoms with Gasteiger partial charge in [-0.1, -0.05) is 0 Å². The van der Waals surface area contributed by atoms with Crippen molar-refractivity contribution in [3.63, 3.8) is 0 Å². The minimum absolute atomic E-state index is 0.0833. The first-order valence-corrected chi connectivity index (χ1v) is 2.62. The molecule has 0 aromatic carbocycles. The first-order chi connectivity index (χ1) is 3.85. The van der Waals surface area contributed by atoms with Crippen LogP contribution >= 0.6 is 0 Å². The maximum Gasteiger partial charge on any atom is 0.0638 e. The van der Waals surface area contributed by atoms with E-state index in [1.165, 1.54) is 0 Å². The second-order valence-electron chi connectivity index (χ2n) is 1.62. The van der Waals surface area contributed by atoms with Crippen molar-refractivity contribution in [1.29, 1.82) is 0 Å². The highest BCUT2D eigenvalue weighted by Gasteiger charge is 1.99. The van der Waals surface area contributed by atoms with Crippen LogP contribution in [0.5, 0.6) is 0 Å². The summed E-state index contributed by atoms with van der Waals surface area (Å²) in [4.78, 5) is 0. The molecule has 3 nitrogen and oxygen atoms in total. The Morgan fingerprint density at radius 3 is 2.50 bits per heavy atom. The van der Waals surface area contributed by atoms with E-state index < -0.39 is 0 Å². The van der Waals surface area contributed by atoms with Crippen LogP contribution in [0.3, 0.4) is 0 Å². The van der Waals surface area contributed by atoms with Gasteiger partial charge in [0.1, 0.15) is 0 Å². The van der Waals surface area contributed by atoms with Crippen LogP contribution in [0.15, 0.2) is 0 Å². The van der Waals surface area contributed by atoms with Gasteiger partial charge in [0.15, 0.2) is 0 Å². The zero-order valence-electron chi connectivity index (χ0n) is 5.35. The molecule has 3 heteroatoms. The van der Waals surface area contributed by atoms with Gasteiger partial charge in [-0.2, -0.15) is 0 Å². The van der Waals surface area contributed by atoms with E-state index in [1.54, 1.807) is 14.2 Å². The van der Waals surface area contributed by atoms with Crippen molar-refractivity contribution in [2.24, 2.45) is 0 Å². The summed E-state index contributed by atoms with van der Waals surface area (Å²) in [6, 6.07) is 0.0833. The molecule has 0 aliphatic heterocycles. The Morgan fingerprint density at radius 1 is 1.75 bits per heavy atom. The second kappa shape index (κ2) is 5.03. The van der Waals surface area contributed by atoms with E-state index in [2.05, 4.69) is 5.32 Å². The molecule has 0 fully saturated rings. The normalized spacial score (nSPS) is 13.9. The number of aliphatic hydroxyl groups is 1. The van der Waals surface area contributed by atoms with Crippen molar-refractivity contribution in [1.82, 2.24) is 5.32 Å². The maximum absolute atomic E-state index is 8.51. The number of hydrogen-bond acceptors (Lipinski definition) is 3. The van der Waals surface area contributed by atoms with Crippen LogP contribution in [0.25, 0.3) is 0 Å². The predicted molar refractivity (Wildman–Crippen MR) is 31.8 cm³/mol. The number of aliphatic hydroxyl groups excluding tert-OH is 1. The third-order valence-corrected chi connectivity index (χ3v) is 0.996. The lowest BCUT2D eigenvalue weighted by Gasteiger charge is -2.09. The summed E-state index contributed by atoms with van der Waals surface area (Å²) in [6.45, 7) is 0.692. The molecular formula is C5H13NO2. The van der Waals surface area contributed by atoms with Crippen LogP contribution in [-0.2, 0) is 4.74 Å². The summed E-state index contributed by atoms with van der Waals surface area (Å²) in [5, 5.41) is 11.4. The zero-order chi connectivity index (χ0) is 6.41. The van der Waals surface area contributed by atoms with Gasteiger partial charge in [0, 0.05) is 7.11 Å². The SMILES string of the molecule is CNC(CO)COC. The van der Waals surface area contributed by atoms with Crippen LogP contribution in [0.2, 0.25) is 0 Å². The van der Waals surface area contributed by atoms with Gasteiger partial charge in [-0.05, 0) is 7.05 Å². The van der Waals surface area contributed by atoms with Crippen LogP contribution in [0.4, 0.5) is 0 Å². The molecule has 0 rings (SSSR count). The summed E-state index contributed by atoms with van der Waals surface area (Å²) < 4.78 is 4.76. The Labute approximate surface area is 49.7 Å². The van der Waals surface area contributed by atoms with E-state index >= 15 is 0 Å². The molecular weight excluding hydrogens is 106 g/mol. The first kappa shape index (κ1) is 7.88. The fraction of sp³-hybridized carbons (Fsp3) is 1.00. The molecule has 2 N–H and O–H groups in total. The van der Waals surface area contributed by atoms with Gasteiger partial charge < -0.3 is 15.2 Å². The third kappa shape index (κ3) is 2.96. The highest BCUT2D eigenvalue weighted by Crippen LogP contribution is 1.78. The van der Waals surface area contributed by atoms with Crippen molar-refractivity contribution in [2.75, 3.05) is 27.4 Å². The lowest BCUT2D eigenvalue weighted by molar-refractivity contribution is 0.132. The standard InChI is InChI=1S/C5H13NO2/c1-6-5(3-7)4-8-2/h5-7H,3-4H2,1-2H3. The molecule has 0 saturated carbocycles. The fourth-order valence-electron chi connectivity index (χ4n) is 0.429. The number of ether oxygens (including phenoxy) is 1. The molecule has 50 valence electrons. The predicted octanol–water partition coefficient (Wildman–Crippen LogP) is -0.787. The molecule has 1 unspecified atom stereocenters. The second-order valence-corrected chi connectivity index (χ2v) is 1.62. The molecule has 0 spiro atoms. The highest BCUT2D eigenvalue weighted by molar-refractivity contribution is 4.58. The minimum atomic E-state index is 0.0833. The largest absolute Gasteiger partial charge is 0.395 e. The molecule has 0 aliphatic carbocycles. The quantitative estimate of drug-likeness (QED) is 0.509. The van der Waals surface area contributed by atoms with Crippen molar-refractivity contribution >= 4 is 0 Å². The van der Waals surface area contributed by atoms with E-state index in [0.29, 0.717) is 6.61 Å². The molecule has 0 aliphatic rings. The topological polar surface area (TPSA) is 41.5 Å². The Morgan fingerprint density at radius 2 is 2.38 bits per heavy atom. The highest BCUT2D eigenvalue weighted by atomic mass is 16.5. The summed E-state index contributed by atoms with van der Waals surface area (Å²) in [5.74, 6) is 0. The zero-order valence-corrected chi connectivity index (χ0v) is 5.35. The summed E-state index contributed by atoms with van der Waals surface area (Å²) in [6.07, 6.45) is 0. The number of nitrogens with one attached hydrogen (secondary N) is 1. The molecule has 0 bridgehead atoms. The van der Waals surface area contributed by atoms with E-state index in [9.17, 15) is 0 Å². The van der Waals surface area contributed by atoms with Gasteiger partial charge >= 0.3 is 0 Å². The van der Waals surface area contributed by atoms with Gasteiger partial charge in [0.2, 0.25) is 0 Å². The molecule has 0 saturated heterocycles. The Hall–Kier alpha value is -0.120. The van der Waals surface area contributed by atoms with E-state index in [0.717, 1.165) is 0 Å². The molecule has 8 heavy (non-hydrogen) atoms. The van der Waals surface area contributed by atoms with Crippen molar-refractivity contribution in [2.45, 2.75) is 6.04 Å². The molecule has 0 aromatic heterocycles. The van der Waals surface area contributed by atoms with Gasteiger partial charge in [-0.3, -0.25) is 0 Å². The van der Waals surface area contributed by atoms with E-state index in [1.807, 2.05) is 0 Å². The minimum Gasteiger partial charge on any atom is -0.395 e. The van der Waals surface area contributed by atoms with Gasteiger partial charge in [0.05, 0.1) is 19.3 Å². The smallest absolute Gasteiger partial charge is 0.0638 e. The monoisotopic (exact) mass is 119 g/mol. The molecule has 0 amide bonds. The Bertz CT molecular complexity index is 45.7. The van der Waals surface area contributed by atoms with Crippen molar-refractivity contribution in [3.05, 3.63) is 0 Å². The van der Waals surface area contributed by atoms with Crippen LogP contribution in [0, 0.1) is 0 Å². The molecule has 0 radical (unpaired) electrons. The lowest BCUT2D eigenvalue weighted by Crippen LogP contribution is -2.33. The Balaban J connectivity index is 3.07. The fourth-order valence-corrected chi connectivity index (χ4v) is 0.429. The van der Waals surface area contributed by atoms with Gasteiger partial charge in [-0.15, -0.1) is 0 Å². The molecule has 0 aromatic rings. The summed E-state index contributed by atoms with van der Waals surface area (Å²) in [7, 11) is 3.40. The number of likely N-dealkylation sites (N-methyl/N-ethyl adjacent to an activating group) is 1. The maximum atomic E-state index is 8.51. The first-order valence-electron chi connectivity index (χ1n) is 2.62. The van der Waals surface area contributed by atoms with Crippen molar-refractivity contribution in [3.8, 4) is 0 Å². The average Bonchev–Trinajstić information content (AvgIpc) is 1.83. The van der Waals surface area contributed by atoms with Gasteiger partial charge in [-0.25, -0.2) is 0 Å². The summed E-state index contributed by atoms with van der Waals surface area (Å²) in [5.41, 5.74) is 0. The van der Waals surface area contributed by atoms with E-state index in [-0.39, 0.29) is 12.6 Å². The van der Waals surface area contributed by atoms with Crippen molar-refractivity contribution < 1.29 is 9.84 Å². The average molecular weight is 119 g/mol. The number of hydrogen-bond donors (Lipinski definition) is 2. The van der Waals surface area contributed by atoms with Crippen LogP contribution in [-0.4, -0.2) is 38.5 Å². The van der Waals surface area contributed by atoms with Gasteiger partial charge in [0.25, 0.3) is 0 Å². The summed E-state index contributed by atoms with van der Waals surface area (Å²) >= 11 is 0. The molecule has 0 heterocycles. The van der Waals surface area contributed by atoms with E-state index in [4.69, 9.17) is 9.84 Å². The third-order valence-electron chi connectivity index (χ3n) is 0.996. The number of methoxy groups -OCH3 is 1. The lowest BCUT2D eigenvalue weighted by atomic mass is 10.3. The van der Waals surface area contributed by atoms with Crippen LogP contribution < -0.4 is 5.32 Å². The molecule has 1 atom stereocenters.